The number of nitrogens with zero attached hydrogens (tertiary/aromatic N) is 1. The van der Waals surface area contributed by atoms with Crippen LogP contribution in [0, 0.1) is 0 Å². The van der Waals surface area contributed by atoms with Gasteiger partial charge in [0.1, 0.15) is 0 Å². The van der Waals surface area contributed by atoms with E-state index in [2.05, 4.69) is 65.5 Å². The second-order valence-electron chi connectivity index (χ2n) is 8.27. The molecule has 0 saturated heterocycles. The van der Waals surface area contributed by atoms with E-state index in [1.165, 1.54) is 21.7 Å². The van der Waals surface area contributed by atoms with Gasteiger partial charge in [-0.25, -0.2) is 0 Å². The minimum atomic E-state index is 0.0492. The van der Waals surface area contributed by atoms with Gasteiger partial charge < -0.3 is 4.90 Å². The molecule has 1 aromatic carbocycles. The van der Waals surface area contributed by atoms with Crippen LogP contribution in [0.2, 0.25) is 0 Å². The summed E-state index contributed by atoms with van der Waals surface area (Å²) in [6.45, 7) is 18.3. The topological polar surface area (TPSA) is 20.3 Å². The molecule has 0 bridgehead atoms. The van der Waals surface area contributed by atoms with Crippen LogP contribution in [-0.4, -0.2) is 12.3 Å². The summed E-state index contributed by atoms with van der Waals surface area (Å²) in [5.74, 6) is 0.104. The van der Waals surface area contributed by atoms with Crippen LogP contribution < -0.4 is 4.90 Å². The van der Waals surface area contributed by atoms with Crippen molar-refractivity contribution in [2.75, 3.05) is 11.4 Å². The number of rotatable bonds is 2. The number of carbonyl (C=O) groups excluding carboxylic acids is 1. The SMILES string of the molecule is CCN1/C(=C/C(C)=O)Sc2ccc(C(C)(C)C)c(C(C)(C)C)c21. The summed E-state index contributed by atoms with van der Waals surface area (Å²) in [6, 6.07) is 4.50. The zero-order chi connectivity index (χ0) is 17.6. The van der Waals surface area contributed by atoms with E-state index in [1.54, 1.807) is 24.8 Å². The van der Waals surface area contributed by atoms with Crippen LogP contribution in [0.3, 0.4) is 0 Å². The van der Waals surface area contributed by atoms with Gasteiger partial charge in [0.05, 0.1) is 10.7 Å². The first-order valence-electron chi connectivity index (χ1n) is 8.32. The highest BCUT2D eigenvalue weighted by Gasteiger charge is 2.35. The number of allylic oxidation sites excluding steroid dienone is 1. The van der Waals surface area contributed by atoms with Crippen molar-refractivity contribution in [3.63, 3.8) is 0 Å². The third kappa shape index (κ3) is 3.50. The maximum atomic E-state index is 11.6. The van der Waals surface area contributed by atoms with Gasteiger partial charge in [-0.15, -0.1) is 0 Å². The lowest BCUT2D eigenvalue weighted by atomic mass is 9.74. The molecule has 0 spiro atoms. The monoisotopic (exact) mass is 331 g/mol. The van der Waals surface area contributed by atoms with Crippen LogP contribution in [0.25, 0.3) is 0 Å². The van der Waals surface area contributed by atoms with Crippen LogP contribution in [0.5, 0.6) is 0 Å². The molecule has 126 valence electrons. The molecule has 2 nitrogen and oxygen atoms in total. The highest BCUT2D eigenvalue weighted by Crippen LogP contribution is 2.52. The number of hydrogen-bond acceptors (Lipinski definition) is 3. The van der Waals surface area contributed by atoms with Gasteiger partial charge in [0.2, 0.25) is 0 Å². The van der Waals surface area contributed by atoms with Crippen molar-refractivity contribution in [2.45, 2.75) is 71.1 Å². The van der Waals surface area contributed by atoms with Crippen LogP contribution in [0.15, 0.2) is 28.1 Å². The van der Waals surface area contributed by atoms with Gasteiger partial charge in [0, 0.05) is 17.5 Å². The fraction of sp³-hybridized carbons (Fsp3) is 0.550. The Morgan fingerprint density at radius 2 is 1.74 bits per heavy atom. The van der Waals surface area contributed by atoms with Crippen molar-refractivity contribution in [3.05, 3.63) is 34.4 Å². The lowest BCUT2D eigenvalue weighted by Gasteiger charge is -2.34. The van der Waals surface area contributed by atoms with Crippen molar-refractivity contribution in [2.24, 2.45) is 0 Å². The van der Waals surface area contributed by atoms with Crippen molar-refractivity contribution in [1.29, 1.82) is 0 Å². The number of fused-ring (bicyclic) bond motifs is 1. The van der Waals surface area contributed by atoms with Crippen molar-refractivity contribution in [3.8, 4) is 0 Å². The Hall–Kier alpha value is -1.22. The van der Waals surface area contributed by atoms with E-state index in [0.29, 0.717) is 0 Å². The van der Waals surface area contributed by atoms with E-state index in [4.69, 9.17) is 0 Å². The third-order valence-corrected chi connectivity index (χ3v) is 5.19. The molecule has 0 unspecified atom stereocenters. The van der Waals surface area contributed by atoms with Crippen LogP contribution in [0.4, 0.5) is 5.69 Å². The standard InChI is InChI=1S/C20H29NOS/c1-9-21-16(12-13(2)22)23-15-11-10-14(19(3,4)5)17(18(15)21)20(6,7)8/h10-12H,9H2,1-8H3/b16-12-. The molecule has 0 fully saturated rings. The fourth-order valence-electron chi connectivity index (χ4n) is 3.18. The molecule has 0 aliphatic carbocycles. The summed E-state index contributed by atoms with van der Waals surface area (Å²) in [7, 11) is 0. The van der Waals surface area contributed by atoms with Gasteiger partial charge in [-0.05, 0) is 41.9 Å². The molecule has 1 aliphatic rings. The van der Waals surface area contributed by atoms with E-state index in [9.17, 15) is 4.79 Å². The largest absolute Gasteiger partial charge is 0.335 e. The van der Waals surface area contributed by atoms with Crippen molar-refractivity contribution in [1.82, 2.24) is 0 Å². The summed E-state index contributed by atoms with van der Waals surface area (Å²) in [5, 5.41) is 1.05. The van der Waals surface area contributed by atoms with Crippen LogP contribution >= 0.6 is 11.8 Å². The zero-order valence-corrected chi connectivity index (χ0v) is 16.5. The highest BCUT2D eigenvalue weighted by molar-refractivity contribution is 8.03. The number of hydrogen-bond donors (Lipinski definition) is 0. The summed E-state index contributed by atoms with van der Waals surface area (Å²) in [4.78, 5) is 15.2. The van der Waals surface area contributed by atoms with Gasteiger partial charge >= 0.3 is 0 Å². The number of anilines is 1. The van der Waals surface area contributed by atoms with E-state index in [1.807, 2.05) is 0 Å². The normalized spacial score (nSPS) is 16.9. The Kier molecular flexibility index (Phi) is 4.74. The fourth-order valence-corrected chi connectivity index (χ4v) is 4.41. The minimum absolute atomic E-state index is 0.0492. The highest BCUT2D eigenvalue weighted by atomic mass is 32.2. The molecule has 1 heterocycles. The molecule has 2 rings (SSSR count). The average Bonchev–Trinajstić information content (AvgIpc) is 2.70. The van der Waals surface area contributed by atoms with Gasteiger partial charge in [0.15, 0.2) is 5.78 Å². The van der Waals surface area contributed by atoms with Gasteiger partial charge in [0.25, 0.3) is 0 Å². The smallest absolute Gasteiger partial charge is 0.155 e. The van der Waals surface area contributed by atoms with Gasteiger partial charge in [-0.2, -0.15) is 0 Å². The second kappa shape index (κ2) is 6.01. The molecular formula is C20H29NOS. The van der Waals surface area contributed by atoms with Crippen LogP contribution in [-0.2, 0) is 15.6 Å². The molecule has 23 heavy (non-hydrogen) atoms. The molecule has 0 aromatic heterocycles. The molecule has 1 aliphatic heterocycles. The lowest BCUT2D eigenvalue weighted by molar-refractivity contribution is -0.112. The summed E-state index contributed by atoms with van der Waals surface area (Å²) in [6.07, 6.45) is 1.76. The Balaban J connectivity index is 2.77. The van der Waals surface area contributed by atoms with E-state index in [0.717, 1.165) is 11.6 Å². The number of carbonyl (C=O) groups is 1. The predicted molar refractivity (Wildman–Crippen MR) is 101 cm³/mol. The Morgan fingerprint density at radius 3 is 2.17 bits per heavy atom. The zero-order valence-electron chi connectivity index (χ0n) is 15.7. The van der Waals surface area contributed by atoms with E-state index >= 15 is 0 Å². The molecule has 0 atom stereocenters. The molecular weight excluding hydrogens is 302 g/mol. The Bertz CT molecular complexity index is 659. The molecule has 3 heteroatoms. The van der Waals surface area contributed by atoms with E-state index < -0.39 is 0 Å². The van der Waals surface area contributed by atoms with Gasteiger partial charge in [-0.3, -0.25) is 4.79 Å². The van der Waals surface area contributed by atoms with Crippen molar-refractivity contribution >= 4 is 23.2 Å². The first kappa shape index (κ1) is 18.1. The molecule has 0 radical (unpaired) electrons. The first-order chi connectivity index (χ1) is 10.5. The summed E-state index contributed by atoms with van der Waals surface area (Å²) in [5.41, 5.74) is 4.24. The predicted octanol–water partition coefficient (Wildman–Crippen LogP) is 5.64. The second-order valence-corrected chi connectivity index (χ2v) is 9.34. The van der Waals surface area contributed by atoms with Crippen molar-refractivity contribution < 1.29 is 4.79 Å². The first-order valence-corrected chi connectivity index (χ1v) is 9.14. The Morgan fingerprint density at radius 1 is 1.13 bits per heavy atom. The van der Waals surface area contributed by atoms with Crippen LogP contribution in [0.1, 0.15) is 66.5 Å². The lowest BCUT2D eigenvalue weighted by Crippen LogP contribution is -2.27. The maximum Gasteiger partial charge on any atom is 0.155 e. The quantitative estimate of drug-likeness (QED) is 0.654. The number of thioether (sulfide) groups is 1. The average molecular weight is 332 g/mol. The molecule has 0 amide bonds. The molecule has 0 N–H and O–H groups in total. The molecule has 0 saturated carbocycles. The van der Waals surface area contributed by atoms with E-state index in [-0.39, 0.29) is 16.6 Å². The third-order valence-electron chi connectivity index (χ3n) is 4.09. The minimum Gasteiger partial charge on any atom is -0.335 e. The summed E-state index contributed by atoms with van der Waals surface area (Å²) < 4.78 is 0. The maximum absolute atomic E-state index is 11.6. The number of ketones is 1. The Labute approximate surface area is 145 Å². The van der Waals surface area contributed by atoms with Gasteiger partial charge in [-0.1, -0.05) is 59.4 Å². The molecule has 1 aromatic rings. The number of benzene rings is 1. The summed E-state index contributed by atoms with van der Waals surface area (Å²) >= 11 is 1.71.